The number of aliphatic hydroxyl groups is 1. The second kappa shape index (κ2) is 5.34. The van der Waals surface area contributed by atoms with Crippen LogP contribution in [0.3, 0.4) is 0 Å². The molecule has 0 amide bonds. The highest BCUT2D eigenvalue weighted by Crippen LogP contribution is 2.39. The predicted octanol–water partition coefficient (Wildman–Crippen LogP) is 4.09. The van der Waals surface area contributed by atoms with Crippen LogP contribution in [0, 0.1) is 6.92 Å². The first-order valence-corrected chi connectivity index (χ1v) is 6.46. The van der Waals surface area contributed by atoms with Gasteiger partial charge < -0.3 is 14.3 Å². The zero-order valence-electron chi connectivity index (χ0n) is 9.91. The van der Waals surface area contributed by atoms with E-state index in [-0.39, 0.29) is 0 Å². The number of methoxy groups -OCH3 is 1. The minimum atomic E-state index is -0.912. The molecule has 1 heterocycles. The molecule has 0 saturated heterocycles. The van der Waals surface area contributed by atoms with Crippen LogP contribution in [0.5, 0.6) is 5.75 Å². The molecule has 0 aliphatic heterocycles. The second-order valence-electron chi connectivity index (χ2n) is 3.88. The number of ether oxygens (including phenoxy) is 1. The van der Waals surface area contributed by atoms with Gasteiger partial charge in [0.25, 0.3) is 0 Å². The fraction of sp³-hybridized carbons (Fsp3) is 0.231. The van der Waals surface area contributed by atoms with Gasteiger partial charge in [-0.1, -0.05) is 11.6 Å². The number of hydrogen-bond donors (Lipinski definition) is 1. The molecule has 0 radical (unpaired) electrons. The highest BCUT2D eigenvalue weighted by atomic mass is 79.9. The van der Waals surface area contributed by atoms with Crippen LogP contribution in [0.1, 0.15) is 23.0 Å². The molecule has 0 bridgehead atoms. The lowest BCUT2D eigenvalue weighted by Gasteiger charge is -2.15. The van der Waals surface area contributed by atoms with E-state index in [1.165, 1.54) is 0 Å². The van der Waals surface area contributed by atoms with E-state index in [0.29, 0.717) is 26.6 Å². The molecule has 2 aromatic rings. The zero-order valence-corrected chi connectivity index (χ0v) is 12.2. The first kappa shape index (κ1) is 13.5. The summed E-state index contributed by atoms with van der Waals surface area (Å²) in [6.45, 7) is 1.87. The molecule has 18 heavy (non-hydrogen) atoms. The summed E-state index contributed by atoms with van der Waals surface area (Å²) in [5.41, 5.74) is 1.44. The Morgan fingerprint density at radius 2 is 2.17 bits per heavy atom. The molecule has 0 spiro atoms. The van der Waals surface area contributed by atoms with E-state index in [1.807, 2.05) is 6.92 Å². The van der Waals surface area contributed by atoms with Crippen LogP contribution >= 0.6 is 27.5 Å². The van der Waals surface area contributed by atoms with Gasteiger partial charge in [0.1, 0.15) is 17.6 Å². The monoisotopic (exact) mass is 330 g/mol. The van der Waals surface area contributed by atoms with Crippen LogP contribution in [-0.4, -0.2) is 12.2 Å². The lowest BCUT2D eigenvalue weighted by atomic mass is 10.0. The summed E-state index contributed by atoms with van der Waals surface area (Å²) in [6.07, 6.45) is 0.630. The van der Waals surface area contributed by atoms with Crippen molar-refractivity contribution in [2.75, 3.05) is 7.11 Å². The summed E-state index contributed by atoms with van der Waals surface area (Å²) in [6, 6.07) is 5.17. The van der Waals surface area contributed by atoms with Gasteiger partial charge in [-0.3, -0.25) is 0 Å². The molecule has 96 valence electrons. The Hall–Kier alpha value is -0.970. The van der Waals surface area contributed by atoms with E-state index in [9.17, 15) is 5.11 Å². The van der Waals surface area contributed by atoms with Crippen molar-refractivity contribution in [2.45, 2.75) is 13.0 Å². The first-order valence-electron chi connectivity index (χ1n) is 5.29. The molecule has 1 atom stereocenters. The number of halogens is 2. The van der Waals surface area contributed by atoms with Crippen molar-refractivity contribution >= 4 is 27.5 Å². The van der Waals surface area contributed by atoms with E-state index in [4.69, 9.17) is 20.8 Å². The van der Waals surface area contributed by atoms with Crippen LogP contribution in [0.2, 0.25) is 5.02 Å². The third kappa shape index (κ3) is 2.41. The Morgan fingerprint density at radius 3 is 2.72 bits per heavy atom. The van der Waals surface area contributed by atoms with Crippen LogP contribution in [0.15, 0.2) is 33.4 Å². The summed E-state index contributed by atoms with van der Waals surface area (Å²) < 4.78 is 11.3. The average molecular weight is 332 g/mol. The van der Waals surface area contributed by atoms with Gasteiger partial charge in [-0.05, 0) is 46.6 Å². The van der Waals surface area contributed by atoms with Crippen molar-refractivity contribution in [3.63, 3.8) is 0 Å². The number of rotatable bonds is 3. The third-order valence-electron chi connectivity index (χ3n) is 2.69. The van der Waals surface area contributed by atoms with Crippen LogP contribution in [-0.2, 0) is 0 Å². The van der Waals surface area contributed by atoms with Crippen molar-refractivity contribution in [2.24, 2.45) is 0 Å². The van der Waals surface area contributed by atoms with Crippen molar-refractivity contribution in [1.82, 2.24) is 0 Å². The predicted molar refractivity (Wildman–Crippen MR) is 73.2 cm³/mol. The molecular formula is C13H12BrClO3. The molecule has 1 unspecified atom stereocenters. The molecule has 0 saturated carbocycles. The Morgan fingerprint density at radius 1 is 1.44 bits per heavy atom. The Labute approximate surface area is 118 Å². The molecule has 0 fully saturated rings. The molecule has 2 rings (SSSR count). The quantitative estimate of drug-likeness (QED) is 0.921. The Bertz CT molecular complexity index is 565. The van der Waals surface area contributed by atoms with Gasteiger partial charge in [0.05, 0.1) is 17.8 Å². The SMILES string of the molecule is COc1c(Br)cc(Cl)cc1C(O)c1occc1C. The number of hydrogen-bond acceptors (Lipinski definition) is 3. The molecule has 0 aliphatic carbocycles. The third-order valence-corrected chi connectivity index (χ3v) is 3.49. The van der Waals surface area contributed by atoms with Crippen molar-refractivity contribution in [3.8, 4) is 5.75 Å². The van der Waals surface area contributed by atoms with Crippen molar-refractivity contribution in [1.29, 1.82) is 0 Å². The minimum Gasteiger partial charge on any atom is -0.495 e. The number of benzene rings is 1. The van der Waals surface area contributed by atoms with Gasteiger partial charge in [-0.2, -0.15) is 0 Å². The van der Waals surface area contributed by atoms with Gasteiger partial charge in [0.15, 0.2) is 0 Å². The standard InChI is InChI=1S/C13H12BrClO3/c1-7-3-4-18-12(7)11(16)9-5-8(15)6-10(14)13(9)17-2/h3-6,11,16H,1-2H3. The van der Waals surface area contributed by atoms with Gasteiger partial charge in [0.2, 0.25) is 0 Å². The highest BCUT2D eigenvalue weighted by Gasteiger charge is 2.22. The maximum atomic E-state index is 10.4. The molecule has 1 aromatic heterocycles. The largest absolute Gasteiger partial charge is 0.495 e. The maximum Gasteiger partial charge on any atom is 0.141 e. The van der Waals surface area contributed by atoms with Crippen LogP contribution in [0.4, 0.5) is 0 Å². The number of aliphatic hydroxyl groups excluding tert-OH is 1. The fourth-order valence-electron chi connectivity index (χ4n) is 1.80. The first-order chi connectivity index (χ1) is 8.54. The molecular weight excluding hydrogens is 319 g/mol. The van der Waals surface area contributed by atoms with E-state index in [0.717, 1.165) is 5.56 Å². The molecule has 1 aromatic carbocycles. The number of aryl methyl sites for hydroxylation is 1. The van der Waals surface area contributed by atoms with E-state index in [1.54, 1.807) is 31.6 Å². The van der Waals surface area contributed by atoms with Crippen molar-refractivity contribution < 1.29 is 14.3 Å². The highest BCUT2D eigenvalue weighted by molar-refractivity contribution is 9.10. The maximum absolute atomic E-state index is 10.4. The van der Waals surface area contributed by atoms with Gasteiger partial charge in [0, 0.05) is 10.6 Å². The topological polar surface area (TPSA) is 42.6 Å². The van der Waals surface area contributed by atoms with E-state index < -0.39 is 6.10 Å². The minimum absolute atomic E-state index is 0.488. The summed E-state index contributed by atoms with van der Waals surface area (Å²) in [4.78, 5) is 0. The van der Waals surface area contributed by atoms with E-state index in [2.05, 4.69) is 15.9 Å². The summed E-state index contributed by atoms with van der Waals surface area (Å²) in [5.74, 6) is 1.03. The summed E-state index contributed by atoms with van der Waals surface area (Å²) >= 11 is 9.35. The zero-order chi connectivity index (χ0) is 13.3. The number of furan rings is 1. The Balaban J connectivity index is 2.54. The fourth-order valence-corrected chi connectivity index (χ4v) is 2.80. The van der Waals surface area contributed by atoms with Gasteiger partial charge in [-0.15, -0.1) is 0 Å². The van der Waals surface area contributed by atoms with Crippen molar-refractivity contribution in [3.05, 3.63) is 50.8 Å². The van der Waals surface area contributed by atoms with Crippen LogP contribution < -0.4 is 4.74 Å². The van der Waals surface area contributed by atoms with Crippen LogP contribution in [0.25, 0.3) is 0 Å². The van der Waals surface area contributed by atoms with E-state index >= 15 is 0 Å². The molecule has 3 nitrogen and oxygen atoms in total. The molecule has 1 N–H and O–H groups in total. The second-order valence-corrected chi connectivity index (χ2v) is 5.17. The van der Waals surface area contributed by atoms with Gasteiger partial charge in [-0.25, -0.2) is 0 Å². The van der Waals surface area contributed by atoms with Gasteiger partial charge >= 0.3 is 0 Å². The molecule has 0 aliphatic rings. The lowest BCUT2D eigenvalue weighted by molar-refractivity contribution is 0.184. The normalized spacial score (nSPS) is 12.5. The summed E-state index contributed by atoms with van der Waals surface area (Å²) in [5, 5.41) is 10.9. The molecule has 5 heteroatoms. The summed E-state index contributed by atoms with van der Waals surface area (Å²) in [7, 11) is 1.54. The average Bonchev–Trinajstić information content (AvgIpc) is 2.73. The Kier molecular flexibility index (Phi) is 4.00. The lowest BCUT2D eigenvalue weighted by Crippen LogP contribution is -2.03. The smallest absolute Gasteiger partial charge is 0.141 e.